The minimum atomic E-state index is 1.24. The molecule has 76 valence electrons. The molecule has 1 fully saturated rings. The van der Waals surface area contributed by atoms with E-state index in [1.807, 2.05) is 0 Å². The molecule has 0 aromatic rings. The van der Waals surface area contributed by atoms with Crippen LogP contribution in [0.5, 0.6) is 0 Å². The van der Waals surface area contributed by atoms with Crippen molar-refractivity contribution in [1.82, 2.24) is 4.90 Å². The Morgan fingerprint density at radius 3 is 2.15 bits per heavy atom. The van der Waals surface area contributed by atoms with Crippen LogP contribution in [0.2, 0.25) is 0 Å². The molecule has 0 radical (unpaired) electrons. The Hall–Kier alpha value is 0.189. The molecule has 1 nitrogen and oxygen atoms in total. The summed E-state index contributed by atoms with van der Waals surface area (Å²) in [5.41, 5.74) is 0. The van der Waals surface area contributed by atoms with Gasteiger partial charge in [-0.3, -0.25) is 0 Å². The fraction of sp³-hybridized carbons (Fsp3) is 0.909. The van der Waals surface area contributed by atoms with Crippen LogP contribution in [0.1, 0.15) is 51.4 Å². The van der Waals surface area contributed by atoms with E-state index in [0.717, 1.165) is 0 Å². The zero-order chi connectivity index (χ0) is 9.52. The molecule has 0 spiro atoms. The van der Waals surface area contributed by atoms with E-state index in [2.05, 4.69) is 27.5 Å². The molecule has 13 heavy (non-hydrogen) atoms. The molecule has 1 rings (SSSR count). The summed E-state index contributed by atoms with van der Waals surface area (Å²) in [5.74, 6) is 0. The summed E-state index contributed by atoms with van der Waals surface area (Å²) in [6, 6.07) is 0. The number of hydrogen-bond acceptors (Lipinski definition) is 1. The molecule has 2 heteroatoms. The molecular formula is C11H21NSe. The second kappa shape index (κ2) is 6.61. The number of hydrogen-bond donors (Lipinski definition) is 0. The van der Waals surface area contributed by atoms with Gasteiger partial charge in [0.25, 0.3) is 0 Å². The van der Waals surface area contributed by atoms with Crippen LogP contribution in [0.3, 0.4) is 0 Å². The van der Waals surface area contributed by atoms with E-state index in [9.17, 15) is 0 Å². The first-order chi connectivity index (χ1) is 6.30. The SMILES string of the molecule is CN1CCCCCCCCCC1=[Se]. The first kappa shape index (κ1) is 11.3. The summed E-state index contributed by atoms with van der Waals surface area (Å²) in [5, 5.41) is 0. The monoisotopic (exact) mass is 247 g/mol. The van der Waals surface area contributed by atoms with Crippen LogP contribution in [0.15, 0.2) is 0 Å². The molecule has 0 aliphatic carbocycles. The predicted octanol–water partition coefficient (Wildman–Crippen LogP) is 2.35. The Kier molecular flexibility index (Phi) is 5.73. The molecule has 1 saturated heterocycles. The van der Waals surface area contributed by atoms with Gasteiger partial charge in [-0.15, -0.1) is 0 Å². The van der Waals surface area contributed by atoms with E-state index in [-0.39, 0.29) is 0 Å². The number of rotatable bonds is 0. The second-order valence-electron chi connectivity index (χ2n) is 4.04. The first-order valence-corrected chi connectivity index (χ1v) is 6.40. The molecule has 0 N–H and O–H groups in total. The van der Waals surface area contributed by atoms with Crippen LogP contribution >= 0.6 is 0 Å². The first-order valence-electron chi connectivity index (χ1n) is 5.54. The summed E-state index contributed by atoms with van der Waals surface area (Å²) in [4.78, 5) is 2.39. The van der Waals surface area contributed by atoms with Crippen LogP contribution in [0, 0.1) is 0 Å². The fourth-order valence-electron chi connectivity index (χ4n) is 1.82. The average Bonchev–Trinajstić information content (AvgIpc) is 2.16. The molecule has 0 amide bonds. The van der Waals surface area contributed by atoms with Crippen molar-refractivity contribution in [2.24, 2.45) is 0 Å². The second-order valence-corrected chi connectivity index (χ2v) is 5.03. The third kappa shape index (κ3) is 4.83. The van der Waals surface area contributed by atoms with Crippen LogP contribution in [0.4, 0.5) is 0 Å². The molecule has 0 saturated carbocycles. The molecule has 1 aliphatic heterocycles. The van der Waals surface area contributed by atoms with Gasteiger partial charge in [0.05, 0.1) is 0 Å². The van der Waals surface area contributed by atoms with Gasteiger partial charge in [-0.2, -0.15) is 0 Å². The quantitative estimate of drug-likeness (QED) is 0.593. The van der Waals surface area contributed by atoms with E-state index < -0.39 is 0 Å². The summed E-state index contributed by atoms with van der Waals surface area (Å²) in [6.07, 6.45) is 11.2. The average molecular weight is 246 g/mol. The Labute approximate surface area is 90.2 Å². The van der Waals surface area contributed by atoms with Crippen molar-refractivity contribution in [3.8, 4) is 0 Å². The van der Waals surface area contributed by atoms with Crippen LogP contribution in [-0.4, -0.2) is 38.6 Å². The van der Waals surface area contributed by atoms with Gasteiger partial charge in [-0.1, -0.05) is 0 Å². The van der Waals surface area contributed by atoms with Gasteiger partial charge in [0.1, 0.15) is 0 Å². The van der Waals surface area contributed by atoms with Crippen molar-refractivity contribution < 1.29 is 0 Å². The van der Waals surface area contributed by atoms with Gasteiger partial charge in [0.2, 0.25) is 0 Å². The molecule has 1 heterocycles. The van der Waals surface area contributed by atoms with Gasteiger partial charge >= 0.3 is 90.0 Å². The number of nitrogens with zero attached hydrogens (tertiary/aromatic N) is 1. The maximum absolute atomic E-state index is 3.21. The van der Waals surface area contributed by atoms with Crippen molar-refractivity contribution in [3.05, 3.63) is 0 Å². The van der Waals surface area contributed by atoms with Crippen molar-refractivity contribution in [3.63, 3.8) is 0 Å². The van der Waals surface area contributed by atoms with E-state index in [1.165, 1.54) is 62.5 Å². The molecule has 1 aliphatic rings. The van der Waals surface area contributed by atoms with Gasteiger partial charge in [-0.25, -0.2) is 0 Å². The Balaban J connectivity index is 2.31. The molecule has 0 aromatic heterocycles. The Morgan fingerprint density at radius 2 is 1.46 bits per heavy atom. The van der Waals surface area contributed by atoms with Gasteiger partial charge < -0.3 is 0 Å². The fourth-order valence-corrected chi connectivity index (χ4v) is 2.32. The third-order valence-electron chi connectivity index (χ3n) is 2.81. The molecule has 0 aromatic carbocycles. The maximum atomic E-state index is 3.21. The summed E-state index contributed by atoms with van der Waals surface area (Å²) >= 11 is 3.21. The van der Waals surface area contributed by atoms with Gasteiger partial charge in [0.15, 0.2) is 0 Å². The molecule has 0 unspecified atom stereocenters. The van der Waals surface area contributed by atoms with E-state index in [1.54, 1.807) is 0 Å². The van der Waals surface area contributed by atoms with Gasteiger partial charge in [-0.05, 0) is 0 Å². The predicted molar refractivity (Wildman–Crippen MR) is 60.3 cm³/mol. The van der Waals surface area contributed by atoms with Gasteiger partial charge in [0, 0.05) is 0 Å². The Morgan fingerprint density at radius 1 is 0.923 bits per heavy atom. The standard InChI is InChI=1S/C11H21NSe/c1-12-10-8-6-4-2-3-5-7-9-11(12)13/h2-10H2,1H3. The normalized spacial score (nSPS) is 22.5. The molecule has 0 atom stereocenters. The van der Waals surface area contributed by atoms with Crippen LogP contribution in [-0.2, 0) is 0 Å². The van der Waals surface area contributed by atoms with E-state index >= 15 is 0 Å². The van der Waals surface area contributed by atoms with E-state index in [4.69, 9.17) is 0 Å². The van der Waals surface area contributed by atoms with Crippen LogP contribution in [0.25, 0.3) is 0 Å². The molecular weight excluding hydrogens is 225 g/mol. The van der Waals surface area contributed by atoms with Crippen molar-refractivity contribution in [2.75, 3.05) is 13.6 Å². The minimum absolute atomic E-state index is 1.24. The van der Waals surface area contributed by atoms with E-state index in [0.29, 0.717) is 0 Å². The summed E-state index contributed by atoms with van der Waals surface area (Å²) in [7, 11) is 2.21. The molecule has 0 bridgehead atoms. The van der Waals surface area contributed by atoms with Crippen LogP contribution < -0.4 is 0 Å². The van der Waals surface area contributed by atoms with Crippen molar-refractivity contribution in [2.45, 2.75) is 51.4 Å². The third-order valence-corrected chi connectivity index (χ3v) is 3.89. The summed E-state index contributed by atoms with van der Waals surface area (Å²) in [6.45, 7) is 1.24. The topological polar surface area (TPSA) is 3.24 Å². The van der Waals surface area contributed by atoms with Crippen molar-refractivity contribution >= 4 is 20.1 Å². The zero-order valence-corrected chi connectivity index (χ0v) is 10.4. The zero-order valence-electron chi connectivity index (χ0n) is 8.72. The Bertz CT molecular complexity index is 156. The van der Waals surface area contributed by atoms with Crippen molar-refractivity contribution in [1.29, 1.82) is 0 Å². The summed E-state index contributed by atoms with van der Waals surface area (Å²) < 4.78 is 1.46.